The minimum atomic E-state index is -0.254. The zero-order valence-corrected chi connectivity index (χ0v) is 9.77. The number of ether oxygens (including phenoxy) is 1. The number of methoxy groups -OCH3 is 1. The van der Waals surface area contributed by atoms with E-state index < -0.39 is 0 Å². The summed E-state index contributed by atoms with van der Waals surface area (Å²) in [6, 6.07) is 2.98. The minimum Gasteiger partial charge on any atom is -0.496 e. The quantitative estimate of drug-likeness (QED) is 0.908. The molecule has 1 unspecified atom stereocenters. The van der Waals surface area contributed by atoms with Gasteiger partial charge in [-0.2, -0.15) is 0 Å². The summed E-state index contributed by atoms with van der Waals surface area (Å²) in [6.45, 7) is 2.28. The number of halogens is 2. The van der Waals surface area contributed by atoms with E-state index in [9.17, 15) is 4.39 Å². The minimum absolute atomic E-state index is 0.0283. The van der Waals surface area contributed by atoms with Crippen molar-refractivity contribution in [3.8, 4) is 5.75 Å². The Morgan fingerprint density at radius 1 is 1.57 bits per heavy atom. The number of hydrogen-bond acceptors (Lipinski definition) is 2. The number of rotatable bonds is 3. The van der Waals surface area contributed by atoms with E-state index in [1.807, 2.05) is 6.92 Å². The summed E-state index contributed by atoms with van der Waals surface area (Å²) in [5.41, 5.74) is 6.08. The smallest absolute Gasteiger partial charge is 0.133 e. The molecule has 0 saturated heterocycles. The highest BCUT2D eigenvalue weighted by Gasteiger charge is 2.16. The van der Waals surface area contributed by atoms with Crippen molar-refractivity contribution in [3.63, 3.8) is 0 Å². The lowest BCUT2D eigenvalue weighted by Gasteiger charge is -2.14. The lowest BCUT2D eigenvalue weighted by molar-refractivity contribution is 0.409. The van der Waals surface area contributed by atoms with Crippen LogP contribution in [-0.2, 0) is 0 Å². The molecule has 0 saturated carbocycles. The highest BCUT2D eigenvalue weighted by molar-refractivity contribution is 9.10. The zero-order valence-electron chi connectivity index (χ0n) is 8.18. The lowest BCUT2D eigenvalue weighted by Crippen LogP contribution is -2.11. The summed E-state index contributed by atoms with van der Waals surface area (Å²) < 4.78 is 19.2. The Kier molecular flexibility index (Phi) is 3.89. The summed E-state index contributed by atoms with van der Waals surface area (Å²) in [6.07, 6.45) is 0. The third kappa shape index (κ3) is 2.07. The van der Waals surface area contributed by atoms with Crippen molar-refractivity contribution in [3.05, 3.63) is 28.0 Å². The first kappa shape index (κ1) is 11.5. The van der Waals surface area contributed by atoms with Gasteiger partial charge in [0.2, 0.25) is 0 Å². The average molecular weight is 262 g/mol. The fourth-order valence-corrected chi connectivity index (χ4v) is 2.15. The van der Waals surface area contributed by atoms with Gasteiger partial charge < -0.3 is 10.5 Å². The van der Waals surface area contributed by atoms with Crippen molar-refractivity contribution in [1.82, 2.24) is 0 Å². The van der Waals surface area contributed by atoms with Gasteiger partial charge in [-0.25, -0.2) is 4.39 Å². The van der Waals surface area contributed by atoms with Crippen LogP contribution in [0.3, 0.4) is 0 Å². The second kappa shape index (κ2) is 4.75. The molecule has 0 aliphatic heterocycles. The van der Waals surface area contributed by atoms with Crippen LogP contribution in [-0.4, -0.2) is 13.7 Å². The Bertz CT molecular complexity index is 330. The first-order valence-corrected chi connectivity index (χ1v) is 5.13. The average Bonchev–Trinajstić information content (AvgIpc) is 2.18. The summed E-state index contributed by atoms with van der Waals surface area (Å²) in [7, 11) is 1.55. The molecule has 1 rings (SSSR count). The molecular weight excluding hydrogens is 249 g/mol. The second-order valence-corrected chi connectivity index (χ2v) is 3.91. The Morgan fingerprint density at radius 2 is 2.21 bits per heavy atom. The van der Waals surface area contributed by atoms with Gasteiger partial charge in [0, 0.05) is 5.56 Å². The van der Waals surface area contributed by atoms with Crippen molar-refractivity contribution in [1.29, 1.82) is 0 Å². The molecule has 1 atom stereocenters. The zero-order chi connectivity index (χ0) is 10.7. The standard InChI is InChI=1S/C10H13BrFNO/c1-6(5-13)9-7(12)3-4-8(14-2)10(9)11/h3-4,6H,5,13H2,1-2H3. The van der Waals surface area contributed by atoms with Gasteiger partial charge in [0.25, 0.3) is 0 Å². The Labute approximate surface area is 91.4 Å². The molecule has 0 heterocycles. The van der Waals surface area contributed by atoms with Crippen molar-refractivity contribution >= 4 is 15.9 Å². The van der Waals surface area contributed by atoms with Gasteiger partial charge >= 0.3 is 0 Å². The lowest BCUT2D eigenvalue weighted by atomic mass is 10.0. The molecule has 78 valence electrons. The van der Waals surface area contributed by atoms with Crippen LogP contribution >= 0.6 is 15.9 Å². The topological polar surface area (TPSA) is 35.2 Å². The molecule has 0 bridgehead atoms. The first-order valence-electron chi connectivity index (χ1n) is 4.33. The number of nitrogens with two attached hydrogens (primary N) is 1. The largest absolute Gasteiger partial charge is 0.496 e. The number of hydrogen-bond donors (Lipinski definition) is 1. The van der Waals surface area contributed by atoms with E-state index in [4.69, 9.17) is 10.5 Å². The molecule has 1 aromatic rings. The van der Waals surface area contributed by atoms with E-state index in [1.54, 1.807) is 13.2 Å². The molecule has 0 amide bonds. The molecule has 2 N–H and O–H groups in total. The monoisotopic (exact) mass is 261 g/mol. The van der Waals surface area contributed by atoms with Crippen LogP contribution in [0.4, 0.5) is 4.39 Å². The van der Waals surface area contributed by atoms with Gasteiger partial charge in [0.05, 0.1) is 11.6 Å². The molecule has 2 nitrogen and oxygen atoms in total. The summed E-state index contributed by atoms with van der Waals surface area (Å²) in [4.78, 5) is 0. The third-order valence-electron chi connectivity index (χ3n) is 2.16. The normalized spacial score (nSPS) is 12.6. The highest BCUT2D eigenvalue weighted by atomic mass is 79.9. The van der Waals surface area contributed by atoms with Crippen LogP contribution < -0.4 is 10.5 Å². The molecule has 14 heavy (non-hydrogen) atoms. The molecule has 0 spiro atoms. The van der Waals surface area contributed by atoms with E-state index in [0.29, 0.717) is 22.3 Å². The van der Waals surface area contributed by atoms with Crippen molar-refractivity contribution in [2.45, 2.75) is 12.8 Å². The predicted octanol–water partition coefficient (Wildman–Crippen LogP) is 2.66. The predicted molar refractivity (Wildman–Crippen MR) is 58.1 cm³/mol. The Hall–Kier alpha value is -0.610. The van der Waals surface area contributed by atoms with Crippen LogP contribution in [0, 0.1) is 5.82 Å². The number of benzene rings is 1. The molecular formula is C10H13BrFNO. The van der Waals surface area contributed by atoms with E-state index in [-0.39, 0.29) is 11.7 Å². The van der Waals surface area contributed by atoms with Crippen LogP contribution in [0.25, 0.3) is 0 Å². The van der Waals surface area contributed by atoms with Crippen LogP contribution in [0.15, 0.2) is 16.6 Å². The first-order chi connectivity index (χ1) is 6.61. The van der Waals surface area contributed by atoms with Gasteiger partial charge in [-0.15, -0.1) is 0 Å². The van der Waals surface area contributed by atoms with Gasteiger partial charge in [-0.3, -0.25) is 0 Å². The molecule has 0 aromatic heterocycles. The molecule has 0 fully saturated rings. The Balaban J connectivity index is 3.25. The molecule has 0 aliphatic carbocycles. The van der Waals surface area contributed by atoms with E-state index in [1.165, 1.54) is 6.07 Å². The fourth-order valence-electron chi connectivity index (χ4n) is 1.28. The van der Waals surface area contributed by atoms with Crippen molar-refractivity contribution in [2.75, 3.05) is 13.7 Å². The second-order valence-electron chi connectivity index (χ2n) is 3.11. The summed E-state index contributed by atoms with van der Waals surface area (Å²) >= 11 is 3.31. The molecule has 0 radical (unpaired) electrons. The van der Waals surface area contributed by atoms with Crippen LogP contribution in [0.5, 0.6) is 5.75 Å². The summed E-state index contributed by atoms with van der Waals surface area (Å²) in [5, 5.41) is 0. The van der Waals surface area contributed by atoms with Gasteiger partial charge in [0.1, 0.15) is 11.6 Å². The molecule has 4 heteroatoms. The van der Waals surface area contributed by atoms with Crippen molar-refractivity contribution in [2.24, 2.45) is 5.73 Å². The maximum Gasteiger partial charge on any atom is 0.133 e. The van der Waals surface area contributed by atoms with E-state index in [0.717, 1.165) is 0 Å². The Morgan fingerprint density at radius 3 is 2.71 bits per heavy atom. The van der Waals surface area contributed by atoms with Gasteiger partial charge in [0.15, 0.2) is 0 Å². The van der Waals surface area contributed by atoms with E-state index in [2.05, 4.69) is 15.9 Å². The van der Waals surface area contributed by atoms with Gasteiger partial charge in [-0.05, 0) is 40.5 Å². The van der Waals surface area contributed by atoms with Crippen molar-refractivity contribution < 1.29 is 9.13 Å². The summed E-state index contributed by atoms with van der Waals surface area (Å²) in [5.74, 6) is 0.344. The van der Waals surface area contributed by atoms with Crippen LogP contribution in [0.2, 0.25) is 0 Å². The molecule has 1 aromatic carbocycles. The SMILES string of the molecule is COc1ccc(F)c(C(C)CN)c1Br. The third-order valence-corrected chi connectivity index (χ3v) is 2.98. The maximum absolute atomic E-state index is 13.5. The highest BCUT2D eigenvalue weighted by Crippen LogP contribution is 2.34. The van der Waals surface area contributed by atoms with Crippen LogP contribution in [0.1, 0.15) is 18.4 Å². The van der Waals surface area contributed by atoms with E-state index >= 15 is 0 Å². The maximum atomic E-state index is 13.5. The fraction of sp³-hybridized carbons (Fsp3) is 0.400. The molecule has 0 aliphatic rings. The van der Waals surface area contributed by atoms with Gasteiger partial charge in [-0.1, -0.05) is 6.92 Å².